The molecule has 0 spiro atoms. The topological polar surface area (TPSA) is 9.23 Å². The molecule has 0 amide bonds. The summed E-state index contributed by atoms with van der Waals surface area (Å²) in [4.78, 5) is 0. The third kappa shape index (κ3) is 4.03. The van der Waals surface area contributed by atoms with Crippen molar-refractivity contribution in [3.8, 4) is 5.75 Å². The van der Waals surface area contributed by atoms with Gasteiger partial charge in [0.25, 0.3) is 0 Å². The number of hydrogen-bond donors (Lipinski definition) is 0. The molecular formula is C14H10BrCl3O. The Bertz CT molecular complexity index is 587. The molecule has 2 aromatic rings. The van der Waals surface area contributed by atoms with Crippen LogP contribution in [0.2, 0.25) is 10.0 Å². The SMILES string of the molecule is ClCc1cc(Br)ccc1OCc1ccc(Cl)c(Cl)c1. The van der Waals surface area contributed by atoms with Crippen molar-refractivity contribution in [2.75, 3.05) is 0 Å². The zero-order valence-corrected chi connectivity index (χ0v) is 13.7. The van der Waals surface area contributed by atoms with Crippen LogP contribution in [0.3, 0.4) is 0 Å². The second kappa shape index (κ2) is 6.85. The summed E-state index contributed by atoms with van der Waals surface area (Å²) in [6.07, 6.45) is 0. The number of hydrogen-bond acceptors (Lipinski definition) is 1. The van der Waals surface area contributed by atoms with Gasteiger partial charge in [0.05, 0.1) is 15.9 Å². The Morgan fingerprint density at radius 2 is 1.79 bits per heavy atom. The molecule has 2 rings (SSSR count). The third-order valence-electron chi connectivity index (χ3n) is 2.54. The zero-order chi connectivity index (χ0) is 13.8. The molecule has 0 radical (unpaired) electrons. The highest BCUT2D eigenvalue weighted by atomic mass is 79.9. The Kier molecular flexibility index (Phi) is 5.40. The molecule has 100 valence electrons. The van der Waals surface area contributed by atoms with Crippen LogP contribution in [-0.2, 0) is 12.5 Å². The summed E-state index contributed by atoms with van der Waals surface area (Å²) < 4.78 is 6.73. The van der Waals surface area contributed by atoms with Crippen molar-refractivity contribution in [3.05, 3.63) is 62.0 Å². The highest BCUT2D eigenvalue weighted by Gasteiger charge is 2.05. The number of halogens is 4. The number of rotatable bonds is 4. The molecule has 0 saturated heterocycles. The van der Waals surface area contributed by atoms with Gasteiger partial charge in [-0.3, -0.25) is 0 Å². The van der Waals surface area contributed by atoms with Crippen molar-refractivity contribution in [1.29, 1.82) is 0 Å². The van der Waals surface area contributed by atoms with E-state index in [2.05, 4.69) is 15.9 Å². The first-order valence-electron chi connectivity index (χ1n) is 5.51. The Balaban J connectivity index is 2.12. The van der Waals surface area contributed by atoms with Crippen LogP contribution in [0.4, 0.5) is 0 Å². The van der Waals surface area contributed by atoms with Crippen LogP contribution < -0.4 is 4.74 Å². The third-order valence-corrected chi connectivity index (χ3v) is 4.07. The van der Waals surface area contributed by atoms with Crippen LogP contribution in [0.1, 0.15) is 11.1 Å². The van der Waals surface area contributed by atoms with Crippen molar-refractivity contribution in [2.45, 2.75) is 12.5 Å². The van der Waals surface area contributed by atoms with Crippen molar-refractivity contribution in [1.82, 2.24) is 0 Å². The molecule has 0 aromatic heterocycles. The lowest BCUT2D eigenvalue weighted by molar-refractivity contribution is 0.304. The quantitative estimate of drug-likeness (QED) is 0.585. The fraction of sp³-hybridized carbons (Fsp3) is 0.143. The normalized spacial score (nSPS) is 10.5. The first kappa shape index (κ1) is 15.0. The van der Waals surface area contributed by atoms with Crippen LogP contribution in [0, 0.1) is 0 Å². The van der Waals surface area contributed by atoms with Crippen molar-refractivity contribution >= 4 is 50.7 Å². The Labute approximate surface area is 135 Å². The van der Waals surface area contributed by atoms with Crippen LogP contribution in [0.15, 0.2) is 40.9 Å². The minimum Gasteiger partial charge on any atom is -0.489 e. The lowest BCUT2D eigenvalue weighted by atomic mass is 10.2. The van der Waals surface area contributed by atoms with E-state index in [4.69, 9.17) is 39.5 Å². The molecule has 0 heterocycles. The Morgan fingerprint density at radius 3 is 2.47 bits per heavy atom. The molecule has 19 heavy (non-hydrogen) atoms. The Morgan fingerprint density at radius 1 is 1.00 bits per heavy atom. The summed E-state index contributed by atoms with van der Waals surface area (Å²) in [6.45, 7) is 0.419. The van der Waals surface area contributed by atoms with E-state index in [1.165, 1.54) is 0 Å². The summed E-state index contributed by atoms with van der Waals surface area (Å²) in [5.41, 5.74) is 1.90. The first-order valence-corrected chi connectivity index (χ1v) is 7.59. The largest absolute Gasteiger partial charge is 0.489 e. The smallest absolute Gasteiger partial charge is 0.124 e. The maximum Gasteiger partial charge on any atom is 0.124 e. The van der Waals surface area contributed by atoms with Gasteiger partial charge in [0.15, 0.2) is 0 Å². The van der Waals surface area contributed by atoms with Crippen LogP contribution >= 0.6 is 50.7 Å². The van der Waals surface area contributed by atoms with Gasteiger partial charge >= 0.3 is 0 Å². The lowest BCUT2D eigenvalue weighted by Crippen LogP contribution is -1.98. The molecule has 1 nitrogen and oxygen atoms in total. The predicted octanol–water partition coefficient (Wildman–Crippen LogP) is 6.07. The molecule has 0 saturated carbocycles. The van der Waals surface area contributed by atoms with Gasteiger partial charge in [-0.1, -0.05) is 45.2 Å². The van der Waals surface area contributed by atoms with Crippen LogP contribution in [0.5, 0.6) is 5.75 Å². The van der Waals surface area contributed by atoms with Gasteiger partial charge in [0.2, 0.25) is 0 Å². The molecular weight excluding hydrogens is 370 g/mol. The van der Waals surface area contributed by atoms with E-state index in [0.717, 1.165) is 21.3 Å². The fourth-order valence-electron chi connectivity index (χ4n) is 1.58. The highest BCUT2D eigenvalue weighted by molar-refractivity contribution is 9.10. The summed E-state index contributed by atoms with van der Waals surface area (Å²) in [7, 11) is 0. The van der Waals surface area contributed by atoms with Gasteiger partial charge < -0.3 is 4.74 Å². The number of alkyl halides is 1. The van der Waals surface area contributed by atoms with E-state index < -0.39 is 0 Å². The van der Waals surface area contributed by atoms with Crippen molar-refractivity contribution < 1.29 is 4.74 Å². The Hall–Kier alpha value is -0.410. The minimum atomic E-state index is 0.399. The van der Waals surface area contributed by atoms with E-state index in [-0.39, 0.29) is 0 Å². The molecule has 0 fully saturated rings. The molecule has 2 aromatic carbocycles. The molecule has 5 heteroatoms. The molecule has 0 bridgehead atoms. The maximum absolute atomic E-state index is 5.96. The van der Waals surface area contributed by atoms with E-state index in [0.29, 0.717) is 22.5 Å². The molecule has 0 aliphatic carbocycles. The van der Waals surface area contributed by atoms with Crippen LogP contribution in [-0.4, -0.2) is 0 Å². The number of ether oxygens (including phenoxy) is 1. The molecule has 0 atom stereocenters. The maximum atomic E-state index is 5.96. The summed E-state index contributed by atoms with van der Waals surface area (Å²) in [5, 5.41) is 1.06. The average Bonchev–Trinajstić information content (AvgIpc) is 2.41. The van der Waals surface area contributed by atoms with Gasteiger partial charge in [0, 0.05) is 10.0 Å². The highest BCUT2D eigenvalue weighted by Crippen LogP contribution is 2.27. The minimum absolute atomic E-state index is 0.399. The lowest BCUT2D eigenvalue weighted by Gasteiger charge is -2.11. The average molecular weight is 380 g/mol. The summed E-state index contributed by atoms with van der Waals surface area (Å²) in [6, 6.07) is 11.2. The monoisotopic (exact) mass is 378 g/mol. The second-order valence-corrected chi connectivity index (χ2v) is 5.92. The van der Waals surface area contributed by atoms with Gasteiger partial charge in [-0.05, 0) is 35.9 Å². The van der Waals surface area contributed by atoms with Crippen LogP contribution in [0.25, 0.3) is 0 Å². The predicted molar refractivity (Wildman–Crippen MR) is 84.5 cm³/mol. The van der Waals surface area contributed by atoms with Gasteiger partial charge in [0.1, 0.15) is 12.4 Å². The van der Waals surface area contributed by atoms with E-state index >= 15 is 0 Å². The van der Waals surface area contributed by atoms with Crippen molar-refractivity contribution in [2.24, 2.45) is 0 Å². The van der Waals surface area contributed by atoms with E-state index in [1.807, 2.05) is 24.3 Å². The molecule has 0 unspecified atom stereocenters. The summed E-state index contributed by atoms with van der Waals surface area (Å²) in [5.74, 6) is 1.17. The van der Waals surface area contributed by atoms with E-state index in [9.17, 15) is 0 Å². The van der Waals surface area contributed by atoms with E-state index in [1.54, 1.807) is 12.1 Å². The molecule has 0 aliphatic heterocycles. The standard InChI is InChI=1S/C14H10BrCl3O/c15-11-2-4-14(10(6-11)7-16)19-8-9-1-3-12(17)13(18)5-9/h1-6H,7-8H2. The first-order chi connectivity index (χ1) is 9.10. The second-order valence-electron chi connectivity index (χ2n) is 3.92. The molecule has 0 N–H and O–H groups in total. The number of benzene rings is 2. The molecule has 0 aliphatic rings. The van der Waals surface area contributed by atoms with Gasteiger partial charge in [-0.2, -0.15) is 0 Å². The van der Waals surface area contributed by atoms with Gasteiger partial charge in [-0.25, -0.2) is 0 Å². The van der Waals surface area contributed by atoms with Crippen molar-refractivity contribution in [3.63, 3.8) is 0 Å². The fourth-order valence-corrected chi connectivity index (χ4v) is 2.52. The van der Waals surface area contributed by atoms with Gasteiger partial charge in [-0.15, -0.1) is 11.6 Å². The summed E-state index contributed by atoms with van der Waals surface area (Å²) >= 11 is 21.1. The zero-order valence-electron chi connectivity index (χ0n) is 9.80.